The number of hydrogen-bond acceptors (Lipinski definition) is 7. The normalized spacial score (nSPS) is 12.7. The van der Waals surface area contributed by atoms with Gasteiger partial charge >= 0.3 is 12.1 Å². The van der Waals surface area contributed by atoms with Crippen molar-refractivity contribution in [3.63, 3.8) is 0 Å². The van der Waals surface area contributed by atoms with Gasteiger partial charge in [-0.3, -0.25) is 4.68 Å². The van der Waals surface area contributed by atoms with E-state index in [2.05, 4.69) is 36.6 Å². The molecule has 0 radical (unpaired) electrons. The number of rotatable bonds is 9. The zero-order valence-corrected chi connectivity index (χ0v) is 26.2. The van der Waals surface area contributed by atoms with E-state index in [1.807, 2.05) is 29.9 Å². The minimum atomic E-state index is -5.08. The van der Waals surface area contributed by atoms with Crippen molar-refractivity contribution in [1.82, 2.24) is 9.78 Å². The highest BCUT2D eigenvalue weighted by atomic mass is 35.5. The van der Waals surface area contributed by atoms with Crippen LogP contribution >= 0.6 is 11.6 Å². The van der Waals surface area contributed by atoms with E-state index in [9.17, 15) is 13.2 Å². The number of alkyl halides is 3. The molecule has 13 heteroatoms. The number of halogens is 4. The van der Waals surface area contributed by atoms with Crippen LogP contribution in [-0.2, 0) is 24.8 Å². The Morgan fingerprint density at radius 1 is 1.09 bits per heavy atom. The number of aryl methyl sites for hydroxylation is 3. The second kappa shape index (κ2) is 14.1. The minimum Gasteiger partial charge on any atom is -0.493 e. The number of hydrogen-bond donors (Lipinski definition) is 1. The predicted molar refractivity (Wildman–Crippen MR) is 161 cm³/mol. The number of carboxylic acids is 1. The van der Waals surface area contributed by atoms with Crippen molar-refractivity contribution in [2.45, 2.75) is 52.8 Å². The molecule has 2 aromatic carbocycles. The average Bonchev–Trinajstić information content (AvgIpc) is 3.27. The molecular weight excluding hydrogens is 589 g/mol. The van der Waals surface area contributed by atoms with Crippen LogP contribution in [0.1, 0.15) is 42.0 Å². The van der Waals surface area contributed by atoms with Crippen LogP contribution in [0.15, 0.2) is 24.3 Å². The SMILES string of the molecule is CCCN(Cc1cc(OC)c(OC)c(OC)c1)c1c2c(nn1C)N(c1c(C)cc(C)cc1Cl)CCC2.O=C(O)C(F)(F)F. The van der Waals surface area contributed by atoms with Gasteiger partial charge in [0.25, 0.3) is 0 Å². The van der Waals surface area contributed by atoms with E-state index in [1.54, 1.807) is 21.3 Å². The molecule has 0 saturated heterocycles. The van der Waals surface area contributed by atoms with Crippen LogP contribution < -0.4 is 24.0 Å². The number of carbonyl (C=O) groups is 1. The summed E-state index contributed by atoms with van der Waals surface area (Å²) < 4.78 is 50.5. The molecule has 1 aliphatic rings. The molecule has 236 valence electrons. The molecule has 4 rings (SSSR count). The smallest absolute Gasteiger partial charge is 0.490 e. The number of benzene rings is 2. The summed E-state index contributed by atoms with van der Waals surface area (Å²) in [6.45, 7) is 8.89. The highest BCUT2D eigenvalue weighted by molar-refractivity contribution is 6.33. The maximum absolute atomic E-state index is 10.6. The van der Waals surface area contributed by atoms with E-state index < -0.39 is 12.1 Å². The van der Waals surface area contributed by atoms with Crippen molar-refractivity contribution in [2.24, 2.45) is 7.05 Å². The van der Waals surface area contributed by atoms with Gasteiger partial charge in [-0.05, 0) is 68.0 Å². The number of nitrogens with zero attached hydrogens (tertiary/aromatic N) is 4. The molecule has 1 aromatic heterocycles. The summed E-state index contributed by atoms with van der Waals surface area (Å²) in [5, 5.41) is 12.9. The van der Waals surface area contributed by atoms with Crippen LogP contribution in [0.3, 0.4) is 0 Å². The lowest BCUT2D eigenvalue weighted by Gasteiger charge is -2.31. The molecular formula is C30H38ClF3N4O5. The Labute approximate surface area is 254 Å². The number of anilines is 3. The fourth-order valence-corrected chi connectivity index (χ4v) is 5.77. The summed E-state index contributed by atoms with van der Waals surface area (Å²) in [5.74, 6) is 1.30. The number of methoxy groups -OCH3 is 3. The molecule has 0 aliphatic carbocycles. The lowest BCUT2D eigenvalue weighted by molar-refractivity contribution is -0.192. The van der Waals surface area contributed by atoms with Crippen molar-refractivity contribution in [1.29, 1.82) is 0 Å². The molecule has 9 nitrogen and oxygen atoms in total. The van der Waals surface area contributed by atoms with Crippen LogP contribution in [0, 0.1) is 13.8 Å². The molecule has 0 fully saturated rings. The Balaban J connectivity index is 0.000000646. The molecule has 3 aromatic rings. The molecule has 0 atom stereocenters. The van der Waals surface area contributed by atoms with Crippen LogP contribution in [0.5, 0.6) is 17.2 Å². The fourth-order valence-electron chi connectivity index (χ4n) is 5.35. The van der Waals surface area contributed by atoms with Crippen molar-refractivity contribution in [2.75, 3.05) is 44.2 Å². The maximum atomic E-state index is 10.6. The van der Waals surface area contributed by atoms with Gasteiger partial charge in [-0.1, -0.05) is 24.6 Å². The van der Waals surface area contributed by atoms with Crippen LogP contribution in [-0.4, -0.2) is 61.5 Å². The minimum absolute atomic E-state index is 0.602. The van der Waals surface area contributed by atoms with Crippen molar-refractivity contribution < 1.29 is 37.3 Å². The van der Waals surface area contributed by atoms with Crippen LogP contribution in [0.4, 0.5) is 30.5 Å². The van der Waals surface area contributed by atoms with Crippen molar-refractivity contribution in [3.05, 3.63) is 51.5 Å². The van der Waals surface area contributed by atoms with E-state index in [0.717, 1.165) is 60.3 Å². The molecule has 0 bridgehead atoms. The van der Waals surface area contributed by atoms with E-state index in [-0.39, 0.29) is 0 Å². The highest BCUT2D eigenvalue weighted by Crippen LogP contribution is 2.43. The largest absolute Gasteiger partial charge is 0.493 e. The van der Waals surface area contributed by atoms with Gasteiger partial charge in [-0.2, -0.15) is 18.3 Å². The molecule has 0 spiro atoms. The summed E-state index contributed by atoms with van der Waals surface area (Å²) in [6.07, 6.45) is -2.05. The molecule has 0 saturated carbocycles. The Morgan fingerprint density at radius 3 is 2.19 bits per heavy atom. The van der Waals surface area contributed by atoms with E-state index in [0.29, 0.717) is 23.8 Å². The third-order valence-corrected chi connectivity index (χ3v) is 7.25. The standard InChI is InChI=1S/C28H37ClN4O3.C2HF3O2/c1-8-11-32(17-20-15-23(34-5)26(36-7)24(16-20)35-6)28-21-10-9-12-33(27(21)30-31(28)4)25-19(3)13-18(2)14-22(25)29;3-2(4,5)1(6)7/h13-16H,8-12,17H2,1-7H3;(H,6,7). The lowest BCUT2D eigenvalue weighted by Crippen LogP contribution is -2.28. The van der Waals surface area contributed by atoms with Gasteiger partial charge in [0.05, 0.1) is 32.0 Å². The van der Waals surface area contributed by atoms with Crippen molar-refractivity contribution in [3.8, 4) is 17.2 Å². The molecule has 2 heterocycles. The second-order valence-corrected chi connectivity index (χ2v) is 10.6. The van der Waals surface area contributed by atoms with Gasteiger partial charge in [-0.25, -0.2) is 4.79 Å². The summed E-state index contributed by atoms with van der Waals surface area (Å²) >= 11 is 6.76. The Kier molecular flexibility index (Phi) is 11.1. The van der Waals surface area contributed by atoms with E-state index >= 15 is 0 Å². The topological polar surface area (TPSA) is 89.3 Å². The van der Waals surface area contributed by atoms with Gasteiger partial charge in [0.2, 0.25) is 5.75 Å². The molecule has 0 unspecified atom stereocenters. The molecule has 1 aliphatic heterocycles. The Hall–Kier alpha value is -3.80. The van der Waals surface area contributed by atoms with Crippen molar-refractivity contribution >= 4 is 34.9 Å². The summed E-state index contributed by atoms with van der Waals surface area (Å²) in [5.41, 5.74) is 5.74. The molecule has 0 amide bonds. The zero-order chi connectivity index (χ0) is 32.1. The van der Waals surface area contributed by atoms with Gasteiger partial charge in [-0.15, -0.1) is 0 Å². The summed E-state index contributed by atoms with van der Waals surface area (Å²) in [7, 11) is 6.96. The lowest BCUT2D eigenvalue weighted by atomic mass is 10.0. The summed E-state index contributed by atoms with van der Waals surface area (Å²) in [4.78, 5) is 13.6. The van der Waals surface area contributed by atoms with E-state index in [1.165, 1.54) is 16.7 Å². The fraction of sp³-hybridized carbons (Fsp3) is 0.467. The monoisotopic (exact) mass is 626 g/mol. The van der Waals surface area contributed by atoms with Gasteiger partial charge < -0.3 is 29.1 Å². The van der Waals surface area contributed by atoms with E-state index in [4.69, 9.17) is 40.8 Å². The number of ether oxygens (including phenoxy) is 3. The van der Waals surface area contributed by atoms with Crippen LogP contribution in [0.25, 0.3) is 0 Å². The quantitative estimate of drug-likeness (QED) is 0.276. The third-order valence-electron chi connectivity index (χ3n) is 6.96. The number of carboxylic acid groups (broad SMARTS) is 1. The zero-order valence-electron chi connectivity index (χ0n) is 25.4. The summed E-state index contributed by atoms with van der Waals surface area (Å²) in [6, 6.07) is 8.27. The first kappa shape index (κ1) is 33.7. The van der Waals surface area contributed by atoms with Gasteiger partial charge in [0.15, 0.2) is 17.3 Å². The van der Waals surface area contributed by atoms with Crippen LogP contribution in [0.2, 0.25) is 5.02 Å². The Morgan fingerprint density at radius 2 is 1.70 bits per heavy atom. The maximum Gasteiger partial charge on any atom is 0.490 e. The molecule has 1 N–H and O–H groups in total. The number of aromatic nitrogens is 2. The first-order valence-electron chi connectivity index (χ1n) is 13.7. The Bertz CT molecular complexity index is 1400. The third kappa shape index (κ3) is 7.59. The number of fused-ring (bicyclic) bond motifs is 1. The number of aliphatic carboxylic acids is 1. The first-order chi connectivity index (χ1) is 20.3. The predicted octanol–water partition coefficient (Wildman–Crippen LogP) is 6.85. The van der Waals surface area contributed by atoms with Gasteiger partial charge in [0.1, 0.15) is 5.82 Å². The highest BCUT2D eigenvalue weighted by Gasteiger charge is 2.38. The van der Waals surface area contributed by atoms with Gasteiger partial charge in [0, 0.05) is 32.2 Å². The molecule has 43 heavy (non-hydrogen) atoms. The average molecular weight is 627 g/mol. The first-order valence-corrected chi connectivity index (χ1v) is 14.1. The second-order valence-electron chi connectivity index (χ2n) is 10.2.